The average Bonchev–Trinajstić information content (AvgIpc) is 1.97. The van der Waals surface area contributed by atoms with E-state index in [1.54, 1.807) is 0 Å². The Morgan fingerprint density at radius 1 is 1.54 bits per heavy atom. The maximum Gasteiger partial charge on any atom is 0.390 e. The number of ether oxygens (including phenoxy) is 1. The lowest BCUT2D eigenvalue weighted by atomic mass is 10.2. The zero-order valence-corrected chi connectivity index (χ0v) is 7.44. The monoisotopic (exact) mass is 199 g/mol. The molecule has 0 aromatic carbocycles. The molecule has 0 rings (SSSR count). The second-order valence-electron chi connectivity index (χ2n) is 2.68. The van der Waals surface area contributed by atoms with Gasteiger partial charge in [-0.25, -0.2) is 0 Å². The highest BCUT2D eigenvalue weighted by Gasteiger charge is 2.29. The van der Waals surface area contributed by atoms with Gasteiger partial charge in [0, 0.05) is 6.04 Å². The molecule has 0 aliphatic rings. The summed E-state index contributed by atoms with van der Waals surface area (Å²) >= 11 is 0. The molecular weight excluding hydrogens is 187 g/mol. The molecular formula is C7H12F3NO2. The van der Waals surface area contributed by atoms with Gasteiger partial charge in [-0.15, -0.1) is 0 Å². The van der Waals surface area contributed by atoms with E-state index in [1.807, 2.05) is 0 Å². The summed E-state index contributed by atoms with van der Waals surface area (Å²) in [6.45, 7) is 1.16. The molecule has 1 unspecified atom stereocenters. The zero-order valence-electron chi connectivity index (χ0n) is 7.44. The first-order chi connectivity index (χ1) is 5.85. The highest BCUT2D eigenvalue weighted by atomic mass is 19.4. The van der Waals surface area contributed by atoms with Crippen molar-refractivity contribution in [1.82, 2.24) is 5.32 Å². The van der Waals surface area contributed by atoms with Crippen LogP contribution in [0.3, 0.4) is 0 Å². The van der Waals surface area contributed by atoms with Crippen molar-refractivity contribution in [2.24, 2.45) is 0 Å². The van der Waals surface area contributed by atoms with Crippen LogP contribution in [0.15, 0.2) is 0 Å². The predicted octanol–water partition coefficient (Wildman–Crippen LogP) is 1.09. The number of esters is 1. The van der Waals surface area contributed by atoms with Crippen LogP contribution in [-0.4, -0.2) is 31.8 Å². The Bertz CT molecular complexity index is 170. The van der Waals surface area contributed by atoms with Crippen LogP contribution in [0.4, 0.5) is 13.2 Å². The Morgan fingerprint density at radius 2 is 2.08 bits per heavy atom. The molecule has 1 atom stereocenters. The van der Waals surface area contributed by atoms with Crippen molar-refractivity contribution < 1.29 is 22.7 Å². The Labute approximate surface area is 74.3 Å². The van der Waals surface area contributed by atoms with E-state index in [9.17, 15) is 18.0 Å². The minimum absolute atomic E-state index is 0.201. The summed E-state index contributed by atoms with van der Waals surface area (Å²) < 4.78 is 39.5. The number of carbonyl (C=O) groups excluding carboxylic acids is 1. The van der Waals surface area contributed by atoms with Crippen molar-refractivity contribution in [2.45, 2.75) is 25.6 Å². The van der Waals surface area contributed by atoms with Gasteiger partial charge in [0.2, 0.25) is 0 Å². The maximum absolute atomic E-state index is 11.8. The van der Waals surface area contributed by atoms with E-state index in [2.05, 4.69) is 10.1 Å². The molecule has 0 bridgehead atoms. The van der Waals surface area contributed by atoms with Crippen LogP contribution in [0.1, 0.15) is 13.3 Å². The molecule has 3 nitrogen and oxygen atoms in total. The Balaban J connectivity index is 3.63. The van der Waals surface area contributed by atoms with Gasteiger partial charge >= 0.3 is 12.1 Å². The van der Waals surface area contributed by atoms with Crippen LogP contribution < -0.4 is 5.32 Å². The number of hydrogen-bond donors (Lipinski definition) is 1. The standard InChI is InChI=1S/C7H12F3NO2/c1-5(3-7(8,9)10)11-4-6(12)13-2/h5,11H,3-4H2,1-2H3. The molecule has 0 amide bonds. The van der Waals surface area contributed by atoms with Crippen molar-refractivity contribution >= 4 is 5.97 Å². The smallest absolute Gasteiger partial charge is 0.390 e. The maximum atomic E-state index is 11.8. The third-order valence-electron chi connectivity index (χ3n) is 1.36. The normalized spacial score (nSPS) is 13.9. The topological polar surface area (TPSA) is 38.3 Å². The minimum Gasteiger partial charge on any atom is -0.468 e. The fraction of sp³-hybridized carbons (Fsp3) is 0.857. The summed E-state index contributed by atoms with van der Waals surface area (Å²) in [4.78, 5) is 10.5. The third kappa shape index (κ3) is 7.58. The van der Waals surface area contributed by atoms with Gasteiger partial charge in [-0.05, 0) is 6.92 Å². The molecule has 78 valence electrons. The lowest BCUT2D eigenvalue weighted by Gasteiger charge is -2.14. The third-order valence-corrected chi connectivity index (χ3v) is 1.36. The molecule has 0 saturated heterocycles. The van der Waals surface area contributed by atoms with Crippen LogP contribution in [0, 0.1) is 0 Å². The zero-order chi connectivity index (χ0) is 10.5. The molecule has 0 fully saturated rings. The van der Waals surface area contributed by atoms with Gasteiger partial charge in [-0.2, -0.15) is 13.2 Å². The van der Waals surface area contributed by atoms with E-state index in [0.717, 1.165) is 0 Å². The molecule has 0 aliphatic carbocycles. The summed E-state index contributed by atoms with van der Waals surface area (Å²) in [5.41, 5.74) is 0. The molecule has 0 aromatic heterocycles. The summed E-state index contributed by atoms with van der Waals surface area (Å²) in [7, 11) is 1.18. The van der Waals surface area contributed by atoms with Crippen LogP contribution >= 0.6 is 0 Å². The average molecular weight is 199 g/mol. The molecule has 13 heavy (non-hydrogen) atoms. The Kier molecular flexibility index (Phi) is 4.76. The number of nitrogens with one attached hydrogen (secondary N) is 1. The van der Waals surface area contributed by atoms with Crippen molar-refractivity contribution in [1.29, 1.82) is 0 Å². The van der Waals surface area contributed by atoms with Crippen LogP contribution in [0.25, 0.3) is 0 Å². The highest BCUT2D eigenvalue weighted by molar-refractivity contribution is 5.71. The molecule has 6 heteroatoms. The number of alkyl halides is 3. The SMILES string of the molecule is COC(=O)CNC(C)CC(F)(F)F. The largest absolute Gasteiger partial charge is 0.468 e. The van der Waals surface area contributed by atoms with E-state index in [-0.39, 0.29) is 6.54 Å². The Hall–Kier alpha value is -0.780. The Morgan fingerprint density at radius 3 is 2.46 bits per heavy atom. The van der Waals surface area contributed by atoms with Gasteiger partial charge in [0.25, 0.3) is 0 Å². The van der Waals surface area contributed by atoms with Gasteiger partial charge in [-0.3, -0.25) is 4.79 Å². The number of carbonyl (C=O) groups is 1. The molecule has 1 N–H and O–H groups in total. The van der Waals surface area contributed by atoms with Gasteiger partial charge in [0.1, 0.15) is 0 Å². The minimum atomic E-state index is -4.21. The van der Waals surface area contributed by atoms with E-state index in [4.69, 9.17) is 0 Å². The number of hydrogen-bond acceptors (Lipinski definition) is 3. The quantitative estimate of drug-likeness (QED) is 0.689. The molecule has 0 radical (unpaired) electrons. The van der Waals surface area contributed by atoms with Crippen LogP contribution in [-0.2, 0) is 9.53 Å². The number of methoxy groups -OCH3 is 1. The molecule has 0 spiro atoms. The fourth-order valence-corrected chi connectivity index (χ4v) is 0.749. The van der Waals surface area contributed by atoms with Crippen LogP contribution in [0.5, 0.6) is 0 Å². The second-order valence-corrected chi connectivity index (χ2v) is 2.68. The highest BCUT2D eigenvalue weighted by Crippen LogP contribution is 2.20. The lowest BCUT2D eigenvalue weighted by Crippen LogP contribution is -2.35. The van der Waals surface area contributed by atoms with Crippen molar-refractivity contribution in [3.05, 3.63) is 0 Å². The number of halogens is 3. The van der Waals surface area contributed by atoms with E-state index in [0.29, 0.717) is 0 Å². The van der Waals surface area contributed by atoms with Gasteiger partial charge in [-0.1, -0.05) is 0 Å². The first kappa shape index (κ1) is 12.2. The van der Waals surface area contributed by atoms with Gasteiger partial charge in [0.05, 0.1) is 20.1 Å². The van der Waals surface area contributed by atoms with Gasteiger partial charge < -0.3 is 10.1 Å². The van der Waals surface area contributed by atoms with E-state index in [1.165, 1.54) is 14.0 Å². The first-order valence-electron chi connectivity index (χ1n) is 3.72. The van der Waals surface area contributed by atoms with E-state index >= 15 is 0 Å². The fourth-order valence-electron chi connectivity index (χ4n) is 0.749. The summed E-state index contributed by atoms with van der Waals surface area (Å²) in [6.07, 6.45) is -5.16. The first-order valence-corrected chi connectivity index (χ1v) is 3.72. The number of rotatable bonds is 4. The van der Waals surface area contributed by atoms with Crippen molar-refractivity contribution in [3.8, 4) is 0 Å². The molecule has 0 aromatic rings. The summed E-state index contributed by atoms with van der Waals surface area (Å²) in [6, 6.07) is -0.779. The summed E-state index contributed by atoms with van der Waals surface area (Å²) in [5.74, 6) is -0.575. The van der Waals surface area contributed by atoms with E-state index < -0.39 is 24.6 Å². The second kappa shape index (κ2) is 5.06. The molecule has 0 aliphatic heterocycles. The van der Waals surface area contributed by atoms with Gasteiger partial charge in [0.15, 0.2) is 0 Å². The predicted molar refractivity (Wildman–Crippen MR) is 40.2 cm³/mol. The summed E-state index contributed by atoms with van der Waals surface area (Å²) in [5, 5.41) is 2.40. The van der Waals surface area contributed by atoms with Crippen molar-refractivity contribution in [2.75, 3.05) is 13.7 Å². The van der Waals surface area contributed by atoms with Crippen LogP contribution in [0.2, 0.25) is 0 Å². The molecule has 0 heterocycles. The van der Waals surface area contributed by atoms with Crippen molar-refractivity contribution in [3.63, 3.8) is 0 Å². The molecule has 0 saturated carbocycles. The lowest BCUT2D eigenvalue weighted by molar-refractivity contribution is -0.144.